The monoisotopic (exact) mass is 404 g/mol. The lowest BCUT2D eigenvalue weighted by atomic mass is 10.1. The second-order valence-electron chi connectivity index (χ2n) is 6.49. The summed E-state index contributed by atoms with van der Waals surface area (Å²) in [7, 11) is 0. The van der Waals surface area contributed by atoms with Crippen molar-refractivity contribution in [3.8, 4) is 11.8 Å². The summed E-state index contributed by atoms with van der Waals surface area (Å²) in [6, 6.07) is 15.9. The topological polar surface area (TPSA) is 137 Å². The second-order valence-corrected chi connectivity index (χ2v) is 6.49. The van der Waals surface area contributed by atoms with E-state index in [9.17, 15) is 20.0 Å². The van der Waals surface area contributed by atoms with E-state index in [0.717, 1.165) is 0 Å². The van der Waals surface area contributed by atoms with Gasteiger partial charge in [-0.3, -0.25) is 9.59 Å². The number of allylic oxidation sites excluding steroid dienone is 1. The zero-order valence-electron chi connectivity index (χ0n) is 15.6. The molecule has 0 radical (unpaired) electrons. The molecule has 9 heteroatoms. The molecular formula is C21H16N4O5. The fourth-order valence-electron chi connectivity index (χ4n) is 2.98. The smallest absolute Gasteiger partial charge is 0.310 e. The van der Waals surface area contributed by atoms with Crippen LogP contribution in [0.1, 0.15) is 12.2 Å². The number of fused-ring (bicyclic) bond motifs is 2. The SMILES string of the molecule is N#CC(=C(O)COC(=O)C[C@H]1Oc2ccccc2NC1=O)c1nc2ccccc2[nH]1. The third kappa shape index (κ3) is 3.79. The van der Waals surface area contributed by atoms with Gasteiger partial charge in [0.1, 0.15) is 24.0 Å². The van der Waals surface area contributed by atoms with E-state index in [4.69, 9.17) is 9.47 Å². The number of imidazole rings is 1. The Morgan fingerprint density at radius 3 is 2.80 bits per heavy atom. The molecule has 0 fully saturated rings. The molecule has 9 nitrogen and oxygen atoms in total. The first-order chi connectivity index (χ1) is 14.5. The number of benzene rings is 2. The highest BCUT2D eigenvalue weighted by molar-refractivity contribution is 5.99. The van der Waals surface area contributed by atoms with Crippen LogP contribution < -0.4 is 10.1 Å². The van der Waals surface area contributed by atoms with Crippen LogP contribution in [0, 0.1) is 11.3 Å². The number of anilines is 1. The third-order valence-electron chi connectivity index (χ3n) is 4.46. The van der Waals surface area contributed by atoms with Gasteiger partial charge in [-0.2, -0.15) is 5.26 Å². The number of aliphatic hydroxyl groups excluding tert-OH is 1. The summed E-state index contributed by atoms with van der Waals surface area (Å²) in [5.74, 6) is -1.06. The number of aliphatic hydroxyl groups is 1. The van der Waals surface area contributed by atoms with Gasteiger partial charge in [-0.25, -0.2) is 4.98 Å². The maximum atomic E-state index is 12.1. The van der Waals surface area contributed by atoms with E-state index in [0.29, 0.717) is 22.5 Å². The first-order valence-electron chi connectivity index (χ1n) is 9.04. The van der Waals surface area contributed by atoms with Gasteiger partial charge in [0.25, 0.3) is 5.91 Å². The molecular weight excluding hydrogens is 388 g/mol. The number of carbonyl (C=O) groups excluding carboxylic acids is 2. The highest BCUT2D eigenvalue weighted by atomic mass is 16.5. The Labute approximate surface area is 170 Å². The summed E-state index contributed by atoms with van der Waals surface area (Å²) in [6.07, 6.45) is -1.40. The normalized spacial score (nSPS) is 16.0. The summed E-state index contributed by atoms with van der Waals surface area (Å²) >= 11 is 0. The minimum atomic E-state index is -1.05. The molecule has 1 atom stereocenters. The van der Waals surface area contributed by atoms with Crippen LogP contribution in [0.4, 0.5) is 5.69 Å². The molecule has 1 aliphatic rings. The third-order valence-corrected chi connectivity index (χ3v) is 4.46. The fourth-order valence-corrected chi connectivity index (χ4v) is 2.98. The highest BCUT2D eigenvalue weighted by Crippen LogP contribution is 2.29. The van der Waals surface area contributed by atoms with E-state index in [1.54, 1.807) is 42.5 Å². The van der Waals surface area contributed by atoms with E-state index in [2.05, 4.69) is 15.3 Å². The number of nitrogens with one attached hydrogen (secondary N) is 2. The minimum Gasteiger partial charge on any atom is -0.507 e. The number of rotatable bonds is 5. The minimum absolute atomic E-state index is 0.139. The lowest BCUT2D eigenvalue weighted by Crippen LogP contribution is -2.38. The van der Waals surface area contributed by atoms with Crippen LogP contribution >= 0.6 is 0 Å². The quantitative estimate of drug-likeness (QED) is 0.338. The Bertz CT molecular complexity index is 1170. The molecule has 30 heavy (non-hydrogen) atoms. The maximum absolute atomic E-state index is 12.1. The van der Waals surface area contributed by atoms with Crippen LogP contribution in [0.5, 0.6) is 5.75 Å². The first kappa shape index (κ1) is 19.0. The lowest BCUT2D eigenvalue weighted by molar-refractivity contribution is -0.147. The molecule has 0 aliphatic carbocycles. The second kappa shape index (κ2) is 7.97. The molecule has 0 bridgehead atoms. The Balaban J connectivity index is 1.41. The van der Waals surface area contributed by atoms with Gasteiger partial charge in [-0.05, 0) is 24.3 Å². The fraction of sp³-hybridized carbons (Fsp3) is 0.143. The average Bonchev–Trinajstić information content (AvgIpc) is 3.17. The molecule has 0 saturated carbocycles. The summed E-state index contributed by atoms with van der Waals surface area (Å²) in [6.45, 7) is -0.538. The Kier molecular flexibility index (Phi) is 5.05. The van der Waals surface area contributed by atoms with E-state index < -0.39 is 30.3 Å². The van der Waals surface area contributed by atoms with Gasteiger partial charge in [0.2, 0.25) is 0 Å². The Morgan fingerprint density at radius 2 is 2.00 bits per heavy atom. The highest BCUT2D eigenvalue weighted by Gasteiger charge is 2.30. The number of carbonyl (C=O) groups is 2. The molecule has 1 aliphatic heterocycles. The van der Waals surface area contributed by atoms with Crippen molar-refractivity contribution in [1.82, 2.24) is 9.97 Å². The first-order valence-corrected chi connectivity index (χ1v) is 9.04. The number of aromatic amines is 1. The van der Waals surface area contributed by atoms with Crippen molar-refractivity contribution in [2.24, 2.45) is 0 Å². The number of nitrogens with zero attached hydrogens (tertiary/aromatic N) is 2. The number of ether oxygens (including phenoxy) is 2. The summed E-state index contributed by atoms with van der Waals surface area (Å²) in [4.78, 5) is 31.4. The summed E-state index contributed by atoms with van der Waals surface area (Å²) in [5.41, 5.74) is 1.72. The van der Waals surface area contributed by atoms with Crippen LogP contribution in [-0.4, -0.2) is 39.7 Å². The molecule has 1 aromatic heterocycles. The van der Waals surface area contributed by atoms with Gasteiger partial charge >= 0.3 is 5.97 Å². The molecule has 2 aromatic carbocycles. The van der Waals surface area contributed by atoms with Gasteiger partial charge in [0.15, 0.2) is 17.7 Å². The molecule has 0 saturated heterocycles. The van der Waals surface area contributed by atoms with Crippen molar-refractivity contribution in [2.75, 3.05) is 11.9 Å². The maximum Gasteiger partial charge on any atom is 0.310 e. The molecule has 0 spiro atoms. The molecule has 1 amide bonds. The number of aromatic nitrogens is 2. The van der Waals surface area contributed by atoms with Crippen molar-refractivity contribution >= 4 is 34.2 Å². The van der Waals surface area contributed by atoms with Gasteiger partial charge in [-0.1, -0.05) is 24.3 Å². The molecule has 150 valence electrons. The zero-order valence-corrected chi connectivity index (χ0v) is 15.6. The number of amides is 1. The zero-order chi connectivity index (χ0) is 21.1. The Morgan fingerprint density at radius 1 is 1.23 bits per heavy atom. The van der Waals surface area contributed by atoms with Crippen LogP contribution in [0.3, 0.4) is 0 Å². The summed E-state index contributed by atoms with van der Waals surface area (Å²) in [5, 5.41) is 22.3. The average molecular weight is 404 g/mol. The van der Waals surface area contributed by atoms with E-state index >= 15 is 0 Å². The van der Waals surface area contributed by atoms with Gasteiger partial charge < -0.3 is 24.9 Å². The summed E-state index contributed by atoms with van der Waals surface area (Å²) < 4.78 is 10.6. The van der Waals surface area contributed by atoms with Crippen molar-refractivity contribution in [1.29, 1.82) is 5.26 Å². The predicted octanol–water partition coefficient (Wildman–Crippen LogP) is 2.69. The van der Waals surface area contributed by atoms with Crippen molar-refractivity contribution in [3.63, 3.8) is 0 Å². The van der Waals surface area contributed by atoms with Gasteiger partial charge in [0.05, 0.1) is 23.1 Å². The van der Waals surface area contributed by atoms with E-state index in [-0.39, 0.29) is 17.8 Å². The van der Waals surface area contributed by atoms with Crippen molar-refractivity contribution < 1.29 is 24.2 Å². The number of para-hydroxylation sites is 4. The van der Waals surface area contributed by atoms with Crippen molar-refractivity contribution in [2.45, 2.75) is 12.5 Å². The number of hydrogen-bond donors (Lipinski definition) is 3. The van der Waals surface area contributed by atoms with Crippen LogP contribution in [0.25, 0.3) is 16.6 Å². The van der Waals surface area contributed by atoms with Gasteiger partial charge in [0, 0.05) is 0 Å². The lowest BCUT2D eigenvalue weighted by Gasteiger charge is -2.25. The molecule has 2 heterocycles. The molecule has 3 N–H and O–H groups in total. The van der Waals surface area contributed by atoms with E-state index in [1.807, 2.05) is 12.1 Å². The predicted molar refractivity (Wildman–Crippen MR) is 106 cm³/mol. The van der Waals surface area contributed by atoms with Gasteiger partial charge in [-0.15, -0.1) is 0 Å². The number of hydrogen-bond acceptors (Lipinski definition) is 7. The number of nitriles is 1. The largest absolute Gasteiger partial charge is 0.507 e. The standard InChI is InChI=1S/C21H16N4O5/c22-10-12(20-23-13-5-1-2-6-14(13)24-20)16(26)11-29-19(27)9-18-21(28)25-15-7-3-4-8-17(15)30-18/h1-8,18,26H,9,11H2,(H,23,24)(H,25,28)/t18-/m1/s1. The molecule has 0 unspecified atom stereocenters. The van der Waals surface area contributed by atoms with Crippen LogP contribution in [-0.2, 0) is 14.3 Å². The van der Waals surface area contributed by atoms with Crippen LogP contribution in [0.2, 0.25) is 0 Å². The Hall–Kier alpha value is -4.32. The number of esters is 1. The van der Waals surface area contributed by atoms with Crippen molar-refractivity contribution in [3.05, 3.63) is 60.1 Å². The van der Waals surface area contributed by atoms with E-state index in [1.165, 1.54) is 0 Å². The van der Waals surface area contributed by atoms with Crippen LogP contribution in [0.15, 0.2) is 54.3 Å². The number of H-pyrrole nitrogens is 1. The molecule has 4 rings (SSSR count). The molecule has 3 aromatic rings.